The van der Waals surface area contributed by atoms with Crippen molar-refractivity contribution in [3.05, 3.63) is 41.4 Å². The van der Waals surface area contributed by atoms with Crippen molar-refractivity contribution in [1.29, 1.82) is 0 Å². The zero-order valence-electron chi connectivity index (χ0n) is 13.9. The Kier molecular flexibility index (Phi) is 4.26. The molecule has 0 aliphatic carbocycles. The molecular weight excluding hydrogens is 356 g/mol. The van der Waals surface area contributed by atoms with E-state index in [-0.39, 0.29) is 4.90 Å². The van der Waals surface area contributed by atoms with E-state index in [4.69, 9.17) is 0 Å². The monoisotopic (exact) mass is 376 g/mol. The summed E-state index contributed by atoms with van der Waals surface area (Å²) in [5.41, 5.74) is 1.86. The Balaban J connectivity index is 1.68. The average Bonchev–Trinajstić information content (AvgIpc) is 3.24. The predicted octanol–water partition coefficient (Wildman–Crippen LogP) is 3.23. The van der Waals surface area contributed by atoms with Crippen LogP contribution in [-0.4, -0.2) is 43.7 Å². The number of sulfonamides is 1. The largest absolute Gasteiger partial charge is 0.306 e. The van der Waals surface area contributed by atoms with Crippen LogP contribution in [0.1, 0.15) is 24.5 Å². The fourth-order valence-electron chi connectivity index (χ4n) is 3.31. The average molecular weight is 377 g/mol. The first-order chi connectivity index (χ1) is 12.0. The molecule has 8 heteroatoms. The molecule has 1 saturated heterocycles. The number of hydrogen-bond donors (Lipinski definition) is 2. The predicted molar refractivity (Wildman–Crippen MR) is 101 cm³/mol. The minimum atomic E-state index is -3.60. The van der Waals surface area contributed by atoms with Crippen molar-refractivity contribution >= 4 is 37.3 Å². The van der Waals surface area contributed by atoms with Crippen LogP contribution in [0.2, 0.25) is 0 Å². The maximum atomic E-state index is 12.7. The van der Waals surface area contributed by atoms with Crippen LogP contribution in [0, 0.1) is 0 Å². The maximum Gasteiger partial charge on any atom is 0.262 e. The van der Waals surface area contributed by atoms with Gasteiger partial charge in [0.15, 0.2) is 0 Å². The highest BCUT2D eigenvalue weighted by molar-refractivity contribution is 7.93. The zero-order chi connectivity index (χ0) is 17.4. The van der Waals surface area contributed by atoms with Crippen molar-refractivity contribution < 1.29 is 8.42 Å². The smallest absolute Gasteiger partial charge is 0.262 e. The molecule has 132 valence electrons. The summed E-state index contributed by atoms with van der Waals surface area (Å²) in [6.07, 6.45) is 2.11. The van der Waals surface area contributed by atoms with E-state index in [1.807, 2.05) is 11.4 Å². The van der Waals surface area contributed by atoms with Crippen LogP contribution in [-0.2, 0) is 10.0 Å². The molecule has 3 aromatic rings. The molecule has 0 bridgehead atoms. The molecule has 2 N–H and O–H groups in total. The summed E-state index contributed by atoms with van der Waals surface area (Å²) in [7, 11) is -1.47. The minimum Gasteiger partial charge on any atom is -0.306 e. The highest BCUT2D eigenvalue weighted by Crippen LogP contribution is 2.32. The van der Waals surface area contributed by atoms with E-state index in [0.717, 1.165) is 42.5 Å². The number of rotatable bonds is 4. The third kappa shape index (κ3) is 3.29. The summed E-state index contributed by atoms with van der Waals surface area (Å²) in [5.74, 6) is 0.393. The Morgan fingerprint density at radius 3 is 2.80 bits per heavy atom. The SMILES string of the molecule is CN1CCC(c2[nH]nc3ccc(S(=O)(=O)Nc4cccs4)cc23)CC1. The van der Waals surface area contributed by atoms with E-state index >= 15 is 0 Å². The Morgan fingerprint density at radius 2 is 2.08 bits per heavy atom. The molecule has 6 nitrogen and oxygen atoms in total. The lowest BCUT2D eigenvalue weighted by Gasteiger charge is -2.28. The van der Waals surface area contributed by atoms with Crippen molar-refractivity contribution in [2.24, 2.45) is 0 Å². The van der Waals surface area contributed by atoms with Crippen molar-refractivity contribution in [1.82, 2.24) is 15.1 Å². The first-order valence-electron chi connectivity index (χ1n) is 8.26. The van der Waals surface area contributed by atoms with Crippen molar-refractivity contribution in [2.75, 3.05) is 24.9 Å². The first kappa shape index (κ1) is 16.6. The van der Waals surface area contributed by atoms with Gasteiger partial charge in [-0.1, -0.05) is 0 Å². The van der Waals surface area contributed by atoms with E-state index in [0.29, 0.717) is 10.9 Å². The maximum absolute atomic E-state index is 12.7. The lowest BCUT2D eigenvalue weighted by atomic mass is 9.92. The van der Waals surface area contributed by atoms with Gasteiger partial charge in [-0.15, -0.1) is 11.3 Å². The zero-order valence-corrected chi connectivity index (χ0v) is 15.5. The summed E-state index contributed by atoms with van der Waals surface area (Å²) in [5, 5.41) is 10.9. The van der Waals surface area contributed by atoms with E-state index < -0.39 is 10.0 Å². The summed E-state index contributed by atoms with van der Waals surface area (Å²) < 4.78 is 27.9. The number of benzene rings is 1. The normalized spacial score (nSPS) is 17.2. The van der Waals surface area contributed by atoms with Gasteiger partial charge in [0.05, 0.1) is 10.4 Å². The summed E-state index contributed by atoms with van der Waals surface area (Å²) in [6.45, 7) is 2.09. The second-order valence-corrected chi connectivity index (χ2v) is 9.11. The van der Waals surface area contributed by atoms with E-state index in [2.05, 4.69) is 26.9 Å². The number of hydrogen-bond acceptors (Lipinski definition) is 5. The number of H-pyrrole nitrogens is 1. The molecule has 1 fully saturated rings. The topological polar surface area (TPSA) is 78.1 Å². The van der Waals surface area contributed by atoms with Crippen LogP contribution in [0.25, 0.3) is 10.9 Å². The number of fused-ring (bicyclic) bond motifs is 1. The molecule has 0 radical (unpaired) electrons. The lowest BCUT2D eigenvalue weighted by Crippen LogP contribution is -2.29. The quantitative estimate of drug-likeness (QED) is 0.733. The molecule has 0 atom stereocenters. The number of piperidine rings is 1. The number of likely N-dealkylation sites (tertiary alicyclic amines) is 1. The molecule has 1 aliphatic heterocycles. The summed E-state index contributed by atoms with van der Waals surface area (Å²) >= 11 is 1.36. The highest BCUT2D eigenvalue weighted by Gasteiger charge is 2.23. The number of aromatic nitrogens is 2. The van der Waals surface area contributed by atoms with Crippen LogP contribution in [0.4, 0.5) is 5.00 Å². The Hall–Kier alpha value is -1.90. The van der Waals surface area contributed by atoms with Gasteiger partial charge in [0.25, 0.3) is 10.0 Å². The number of anilines is 1. The molecule has 4 rings (SSSR count). The highest BCUT2D eigenvalue weighted by atomic mass is 32.2. The third-order valence-corrected chi connectivity index (χ3v) is 7.03. The number of thiophene rings is 1. The number of aromatic amines is 1. The van der Waals surface area contributed by atoms with E-state index in [1.54, 1.807) is 24.3 Å². The molecule has 0 saturated carbocycles. The van der Waals surface area contributed by atoms with Gasteiger partial charge in [0, 0.05) is 17.0 Å². The molecule has 1 aliphatic rings. The second-order valence-electron chi connectivity index (χ2n) is 6.48. The molecule has 0 unspecified atom stereocenters. The van der Waals surface area contributed by atoms with Crippen molar-refractivity contribution in [3.8, 4) is 0 Å². The van der Waals surface area contributed by atoms with Crippen LogP contribution < -0.4 is 4.72 Å². The molecule has 0 amide bonds. The number of nitrogens with one attached hydrogen (secondary N) is 2. The Morgan fingerprint density at radius 1 is 1.28 bits per heavy atom. The molecule has 3 heterocycles. The molecule has 25 heavy (non-hydrogen) atoms. The van der Waals surface area contributed by atoms with Crippen LogP contribution in [0.3, 0.4) is 0 Å². The summed E-state index contributed by atoms with van der Waals surface area (Å²) in [4.78, 5) is 2.58. The van der Waals surface area contributed by atoms with Crippen molar-refractivity contribution in [3.63, 3.8) is 0 Å². The van der Waals surface area contributed by atoms with Gasteiger partial charge in [-0.3, -0.25) is 9.82 Å². The van der Waals surface area contributed by atoms with Crippen LogP contribution in [0.5, 0.6) is 0 Å². The number of nitrogens with zero attached hydrogens (tertiary/aromatic N) is 2. The Bertz CT molecular complexity index is 971. The fourth-order valence-corrected chi connectivity index (χ4v) is 5.27. The van der Waals surface area contributed by atoms with Crippen LogP contribution >= 0.6 is 11.3 Å². The molecule has 2 aromatic heterocycles. The van der Waals surface area contributed by atoms with Crippen molar-refractivity contribution in [2.45, 2.75) is 23.7 Å². The van der Waals surface area contributed by atoms with Gasteiger partial charge in [0.1, 0.15) is 5.00 Å². The van der Waals surface area contributed by atoms with E-state index in [1.165, 1.54) is 11.3 Å². The van der Waals surface area contributed by atoms with Gasteiger partial charge in [0.2, 0.25) is 0 Å². The van der Waals surface area contributed by atoms with Gasteiger partial charge < -0.3 is 4.90 Å². The lowest BCUT2D eigenvalue weighted by molar-refractivity contribution is 0.254. The van der Waals surface area contributed by atoms with Gasteiger partial charge in [-0.05, 0) is 68.7 Å². The fraction of sp³-hybridized carbons (Fsp3) is 0.353. The minimum absolute atomic E-state index is 0.268. The van der Waals surface area contributed by atoms with Gasteiger partial charge in [-0.25, -0.2) is 8.42 Å². The Labute approximate surface area is 150 Å². The molecule has 1 aromatic carbocycles. The molecule has 0 spiro atoms. The summed E-state index contributed by atoms with van der Waals surface area (Å²) in [6, 6.07) is 8.69. The van der Waals surface area contributed by atoms with Gasteiger partial charge >= 0.3 is 0 Å². The standard InChI is InChI=1S/C17H20N4O2S2/c1-21-8-6-12(7-9-21)17-14-11-13(4-5-15(14)18-19-17)25(22,23)20-16-3-2-10-24-16/h2-5,10-12,20H,6-9H2,1H3,(H,18,19). The second kappa shape index (κ2) is 6.44. The van der Waals surface area contributed by atoms with E-state index in [9.17, 15) is 8.42 Å². The third-order valence-electron chi connectivity index (χ3n) is 4.75. The van der Waals surface area contributed by atoms with Gasteiger partial charge in [-0.2, -0.15) is 5.10 Å². The molecular formula is C17H20N4O2S2. The van der Waals surface area contributed by atoms with Crippen LogP contribution in [0.15, 0.2) is 40.6 Å². The first-order valence-corrected chi connectivity index (χ1v) is 10.6.